The van der Waals surface area contributed by atoms with Gasteiger partial charge in [-0.2, -0.15) is 5.01 Å². The van der Waals surface area contributed by atoms with Crippen LogP contribution in [0.3, 0.4) is 0 Å². The number of nitrogens with zero attached hydrogens (tertiary/aromatic N) is 5. The fourth-order valence-corrected chi connectivity index (χ4v) is 7.61. The molecule has 2 aliphatic heterocycles. The fourth-order valence-electron chi connectivity index (χ4n) is 7.61. The molecule has 0 radical (unpaired) electrons. The van der Waals surface area contributed by atoms with Crippen molar-refractivity contribution in [1.82, 2.24) is 35.2 Å². The van der Waals surface area contributed by atoms with Crippen molar-refractivity contribution < 1.29 is 24.2 Å². The summed E-state index contributed by atoms with van der Waals surface area (Å²) >= 11 is 0. The van der Waals surface area contributed by atoms with Crippen LogP contribution in [-0.2, 0) is 9.53 Å². The van der Waals surface area contributed by atoms with Gasteiger partial charge in [-0.3, -0.25) is 4.79 Å². The van der Waals surface area contributed by atoms with E-state index in [0.29, 0.717) is 31.0 Å². The lowest BCUT2D eigenvalue weighted by atomic mass is 10.00. The van der Waals surface area contributed by atoms with Gasteiger partial charge in [-0.15, -0.1) is 0 Å². The Hall–Kier alpha value is -6.21. The maximum Gasteiger partial charge on any atom is 0.426 e. The van der Waals surface area contributed by atoms with Crippen LogP contribution in [0.4, 0.5) is 15.3 Å². The maximum absolute atomic E-state index is 13.9. The first-order valence-corrected chi connectivity index (χ1v) is 18.4. The van der Waals surface area contributed by atoms with E-state index in [1.54, 1.807) is 34.1 Å². The second-order valence-electron chi connectivity index (χ2n) is 13.8. The quantitative estimate of drug-likeness (QED) is 0.126. The van der Waals surface area contributed by atoms with Gasteiger partial charge >= 0.3 is 12.1 Å². The molecule has 4 amide bonds. The van der Waals surface area contributed by atoms with Crippen LogP contribution in [0, 0.1) is 0 Å². The van der Waals surface area contributed by atoms with E-state index in [0.717, 1.165) is 75.8 Å². The fraction of sp³-hybridized carbons (Fsp3) is 0.293. The highest BCUT2D eigenvalue weighted by molar-refractivity contribution is 5.94. The van der Waals surface area contributed by atoms with Crippen molar-refractivity contribution in [2.45, 2.75) is 57.2 Å². The van der Waals surface area contributed by atoms with Crippen LogP contribution in [0.2, 0.25) is 0 Å². The molecule has 2 fully saturated rings. The highest BCUT2D eigenvalue weighted by Crippen LogP contribution is 2.36. The average molecular weight is 727 g/mol. The normalized spacial score (nSPS) is 17.6. The second-order valence-corrected chi connectivity index (χ2v) is 13.8. The Morgan fingerprint density at radius 3 is 1.85 bits per heavy atom. The summed E-state index contributed by atoms with van der Waals surface area (Å²) in [6.07, 6.45) is 1.88. The predicted octanol–water partition coefficient (Wildman–Crippen LogP) is 7.24. The van der Waals surface area contributed by atoms with E-state index >= 15 is 0 Å². The number of carbonyl (C=O) groups is 3. The van der Waals surface area contributed by atoms with Gasteiger partial charge in [0.05, 0.1) is 46.9 Å². The van der Waals surface area contributed by atoms with Crippen molar-refractivity contribution in [3.05, 3.63) is 103 Å². The zero-order valence-electron chi connectivity index (χ0n) is 30.2. The maximum atomic E-state index is 13.9. The number of amides is 4. The molecular formula is C41H42N8O5. The van der Waals surface area contributed by atoms with Crippen molar-refractivity contribution in [3.8, 4) is 22.3 Å². The second kappa shape index (κ2) is 14.7. The topological polar surface area (TPSA) is 160 Å². The van der Waals surface area contributed by atoms with E-state index in [2.05, 4.69) is 57.9 Å². The van der Waals surface area contributed by atoms with Crippen LogP contribution < -0.4 is 10.4 Å². The van der Waals surface area contributed by atoms with E-state index in [4.69, 9.17) is 14.7 Å². The van der Waals surface area contributed by atoms with Gasteiger partial charge in [0.25, 0.3) is 5.91 Å². The summed E-state index contributed by atoms with van der Waals surface area (Å²) in [5.41, 5.74) is 10.7. The number of ether oxygens (including phenoxy) is 1. The molecule has 0 aliphatic carbocycles. The molecule has 4 N–H and O–H groups in total. The number of hydrogen-bond acceptors (Lipinski definition) is 7. The third kappa shape index (κ3) is 6.62. The number of hydrogen-bond donors (Lipinski definition) is 4. The molecule has 4 aromatic carbocycles. The van der Waals surface area contributed by atoms with Crippen molar-refractivity contribution in [2.24, 2.45) is 0 Å². The van der Waals surface area contributed by atoms with E-state index < -0.39 is 12.2 Å². The molecule has 13 heteroatoms. The van der Waals surface area contributed by atoms with Gasteiger partial charge < -0.3 is 29.6 Å². The van der Waals surface area contributed by atoms with Crippen LogP contribution in [0.5, 0.6) is 0 Å². The summed E-state index contributed by atoms with van der Waals surface area (Å²) in [7, 11) is 1.26. The van der Waals surface area contributed by atoms with Gasteiger partial charge in [0.1, 0.15) is 17.8 Å². The predicted molar refractivity (Wildman–Crippen MR) is 205 cm³/mol. The molecule has 13 nitrogen and oxygen atoms in total. The lowest BCUT2D eigenvalue weighted by Gasteiger charge is -2.30. The Kier molecular flexibility index (Phi) is 9.47. The number of aliphatic hydroxyl groups excluding tert-OH is 1. The Morgan fingerprint density at radius 1 is 0.796 bits per heavy atom. The van der Waals surface area contributed by atoms with Gasteiger partial charge in [0.15, 0.2) is 0 Å². The van der Waals surface area contributed by atoms with E-state index in [1.807, 2.05) is 31.2 Å². The minimum atomic E-state index is -0.986. The minimum Gasteiger partial charge on any atom is -0.452 e. The van der Waals surface area contributed by atoms with Gasteiger partial charge in [0.2, 0.25) is 0 Å². The summed E-state index contributed by atoms with van der Waals surface area (Å²) in [6, 6.07) is 28.7. The molecule has 54 heavy (non-hydrogen) atoms. The van der Waals surface area contributed by atoms with Crippen molar-refractivity contribution in [1.29, 1.82) is 0 Å². The number of anilines is 1. The standard InChI is InChI=1S/C41H42N8O5/c1-3-36(50)39(51)47-21-7-11-34(47)37-42-30-19-17-27(23-32(30)44-37)25-13-15-26(16-14-25)28-18-20-31-33(24-28)45-38(43-31)35-12-8-22-48(35)41(53)49(46-40(52)54-2)29-9-5-4-6-10-29/h4-6,9-10,13-20,23-24,34-36,50H,3,7-8,11-12,21-22H2,1-2H3,(H,42,44)(H,43,45)(H,46,52)/t34-,35-,36+/m0/s1. The van der Waals surface area contributed by atoms with Gasteiger partial charge in [-0.25, -0.2) is 25.0 Å². The van der Waals surface area contributed by atoms with E-state index in [9.17, 15) is 19.5 Å². The largest absolute Gasteiger partial charge is 0.452 e. The third-order valence-electron chi connectivity index (χ3n) is 10.5. The SMILES string of the molecule is CC[C@@H](O)C(=O)N1CCC[C@H]1c1nc2ccc(-c3ccc(-c4ccc5nc([C@@H]6CCCN6C(=O)N(NC(=O)OC)c6ccccc6)[nH]c5c4)cc3)cc2[nH]1. The Labute approximate surface area is 311 Å². The van der Waals surface area contributed by atoms with Gasteiger partial charge in [0, 0.05) is 13.1 Å². The molecule has 6 aromatic rings. The minimum absolute atomic E-state index is 0.169. The number of H-pyrrole nitrogens is 2. The Bertz CT molecular complexity index is 2320. The molecular weight excluding hydrogens is 685 g/mol. The molecule has 0 spiro atoms. The molecule has 3 atom stereocenters. The first-order valence-electron chi connectivity index (χ1n) is 18.4. The first-order chi connectivity index (χ1) is 26.3. The molecule has 8 rings (SSSR count). The molecule has 276 valence electrons. The average Bonchev–Trinajstić information content (AvgIpc) is 4.04. The third-order valence-corrected chi connectivity index (χ3v) is 10.5. The molecule has 0 unspecified atom stereocenters. The molecule has 2 aromatic heterocycles. The molecule has 2 saturated heterocycles. The number of carbonyl (C=O) groups excluding carboxylic acids is 3. The number of aromatic nitrogens is 4. The highest BCUT2D eigenvalue weighted by Gasteiger charge is 2.37. The summed E-state index contributed by atoms with van der Waals surface area (Å²) in [4.78, 5) is 59.0. The summed E-state index contributed by atoms with van der Waals surface area (Å²) in [5, 5.41) is 11.4. The van der Waals surface area contributed by atoms with Crippen LogP contribution in [-0.4, -0.2) is 79.2 Å². The van der Waals surface area contributed by atoms with Gasteiger partial charge in [-0.1, -0.05) is 61.5 Å². The number of hydrazine groups is 1. The lowest BCUT2D eigenvalue weighted by Crippen LogP contribution is -2.52. The van der Waals surface area contributed by atoms with Crippen LogP contribution in [0.15, 0.2) is 91.0 Å². The summed E-state index contributed by atoms with van der Waals surface area (Å²) < 4.78 is 4.79. The van der Waals surface area contributed by atoms with Crippen molar-refractivity contribution >= 4 is 45.8 Å². The number of benzene rings is 4. The highest BCUT2D eigenvalue weighted by atomic mass is 16.5. The number of imidazole rings is 2. The van der Waals surface area contributed by atoms with Crippen LogP contribution in [0.1, 0.15) is 62.8 Å². The van der Waals surface area contributed by atoms with Crippen LogP contribution in [0.25, 0.3) is 44.3 Å². The number of aromatic amines is 2. The molecule has 2 aliphatic rings. The Morgan fingerprint density at radius 2 is 1.31 bits per heavy atom. The van der Waals surface area contributed by atoms with E-state index in [-0.39, 0.29) is 24.0 Å². The van der Waals surface area contributed by atoms with Crippen molar-refractivity contribution in [2.75, 3.05) is 25.2 Å². The molecule has 0 bridgehead atoms. The Balaban J connectivity index is 0.995. The lowest BCUT2D eigenvalue weighted by molar-refractivity contribution is -0.141. The smallest absolute Gasteiger partial charge is 0.426 e. The summed E-state index contributed by atoms with van der Waals surface area (Å²) in [5.74, 6) is 1.21. The van der Waals surface area contributed by atoms with E-state index in [1.165, 1.54) is 12.1 Å². The number of urea groups is 1. The van der Waals surface area contributed by atoms with Gasteiger partial charge in [-0.05, 0) is 90.8 Å². The first kappa shape index (κ1) is 34.9. The van der Waals surface area contributed by atoms with Crippen molar-refractivity contribution in [3.63, 3.8) is 0 Å². The molecule has 4 heterocycles. The number of methoxy groups -OCH3 is 1. The summed E-state index contributed by atoms with van der Waals surface area (Å²) in [6.45, 7) is 2.95. The molecule has 0 saturated carbocycles. The monoisotopic (exact) mass is 726 g/mol. The number of rotatable bonds is 7. The number of fused-ring (bicyclic) bond motifs is 2. The number of aliphatic hydroxyl groups is 1. The van der Waals surface area contributed by atoms with Crippen LogP contribution >= 0.6 is 0 Å². The zero-order valence-corrected chi connectivity index (χ0v) is 30.2. The number of likely N-dealkylation sites (tertiary alicyclic amines) is 2. The number of nitrogens with one attached hydrogen (secondary N) is 3. The zero-order chi connectivity index (χ0) is 37.3. The number of para-hydroxylation sites is 1.